The van der Waals surface area contributed by atoms with E-state index in [-0.39, 0.29) is 13.1 Å². The number of hydrogen-bond acceptors (Lipinski definition) is 16. The van der Waals surface area contributed by atoms with Crippen LogP contribution in [0.25, 0.3) is 0 Å². The van der Waals surface area contributed by atoms with E-state index in [1.54, 1.807) is 7.05 Å². The maximum atomic E-state index is 11.4. The lowest BCUT2D eigenvalue weighted by Gasteiger charge is -2.48. The van der Waals surface area contributed by atoms with Crippen LogP contribution in [0, 0.1) is 10.8 Å². The largest absolute Gasteiger partial charge is 0.394 e. The Bertz CT molecular complexity index is 958. The van der Waals surface area contributed by atoms with Crippen LogP contribution in [-0.2, 0) is 18.9 Å². The molecule has 0 amide bonds. The van der Waals surface area contributed by atoms with Crippen molar-refractivity contribution >= 4 is 11.9 Å². The Morgan fingerprint density at radius 1 is 0.884 bits per heavy atom. The van der Waals surface area contributed by atoms with Gasteiger partial charge in [-0.3, -0.25) is 15.7 Å². The summed E-state index contributed by atoms with van der Waals surface area (Å²) < 4.78 is 23.6. The lowest BCUT2D eigenvalue weighted by atomic mass is 9.81. The Kier molecular flexibility index (Phi) is 11.9. The van der Waals surface area contributed by atoms with E-state index in [0.29, 0.717) is 0 Å². The van der Waals surface area contributed by atoms with E-state index in [0.717, 1.165) is 0 Å². The maximum absolute atomic E-state index is 11.4. The van der Waals surface area contributed by atoms with Crippen LogP contribution < -0.4 is 27.8 Å². The van der Waals surface area contributed by atoms with Crippen molar-refractivity contribution in [2.24, 2.45) is 17.2 Å². The highest BCUT2D eigenvalue weighted by Crippen LogP contribution is 2.39. The molecule has 2 heterocycles. The molecule has 3 rings (SSSR count). The number of ether oxygens (including phenoxy) is 4. The summed E-state index contributed by atoms with van der Waals surface area (Å²) in [5.74, 6) is -1.27. The molecule has 15 atom stereocenters. The molecule has 0 bridgehead atoms. The molecule has 0 radical (unpaired) electrons. The van der Waals surface area contributed by atoms with Gasteiger partial charge in [-0.05, 0) is 14.0 Å². The first-order chi connectivity index (χ1) is 20.1. The predicted molar refractivity (Wildman–Crippen MR) is 145 cm³/mol. The molecular formula is C23H46N8O12. The van der Waals surface area contributed by atoms with Gasteiger partial charge in [-0.2, -0.15) is 0 Å². The highest BCUT2D eigenvalue weighted by atomic mass is 16.8. The average molecular weight is 627 g/mol. The van der Waals surface area contributed by atoms with Gasteiger partial charge in [0.15, 0.2) is 24.5 Å². The van der Waals surface area contributed by atoms with Crippen LogP contribution in [0.4, 0.5) is 0 Å². The number of nitrogens with zero attached hydrogens (tertiary/aromatic N) is 1. The van der Waals surface area contributed by atoms with Crippen molar-refractivity contribution in [3.05, 3.63) is 0 Å². The van der Waals surface area contributed by atoms with Crippen molar-refractivity contribution in [3.63, 3.8) is 0 Å². The number of aliphatic hydroxyl groups excluding tert-OH is 7. The van der Waals surface area contributed by atoms with Crippen LogP contribution in [0.15, 0.2) is 0 Å². The molecule has 43 heavy (non-hydrogen) atoms. The van der Waals surface area contributed by atoms with Gasteiger partial charge in [0.25, 0.3) is 0 Å². The normalized spacial score (nSPS) is 45.2. The minimum atomic E-state index is -2.18. The van der Waals surface area contributed by atoms with Crippen molar-refractivity contribution in [1.29, 1.82) is 10.8 Å². The van der Waals surface area contributed by atoms with Gasteiger partial charge in [0.2, 0.25) is 0 Å². The van der Waals surface area contributed by atoms with E-state index >= 15 is 0 Å². The molecule has 3 fully saturated rings. The van der Waals surface area contributed by atoms with Gasteiger partial charge in [0, 0.05) is 13.1 Å². The van der Waals surface area contributed by atoms with Crippen LogP contribution in [0.5, 0.6) is 0 Å². The molecular weight excluding hydrogens is 580 g/mol. The summed E-state index contributed by atoms with van der Waals surface area (Å²) >= 11 is 0. The third-order valence-electron chi connectivity index (χ3n) is 8.24. The first-order valence-electron chi connectivity index (χ1n) is 13.7. The lowest BCUT2D eigenvalue weighted by Crippen LogP contribution is -2.73. The Morgan fingerprint density at radius 2 is 1.49 bits per heavy atom. The van der Waals surface area contributed by atoms with Gasteiger partial charge < -0.3 is 87.6 Å². The fourth-order valence-electron chi connectivity index (χ4n) is 5.76. The Hall–Kier alpha value is -2.02. The van der Waals surface area contributed by atoms with Gasteiger partial charge in [0.05, 0.1) is 43.5 Å². The summed E-state index contributed by atoms with van der Waals surface area (Å²) in [7, 11) is 1.57. The van der Waals surface area contributed by atoms with E-state index in [1.807, 2.05) is 0 Å². The van der Waals surface area contributed by atoms with E-state index in [2.05, 4.69) is 10.6 Å². The smallest absolute Gasteiger partial charge is 0.187 e. The Balaban J connectivity index is 1.97. The monoisotopic (exact) mass is 626 g/mol. The number of rotatable bonds is 11. The zero-order valence-electron chi connectivity index (χ0n) is 23.8. The van der Waals surface area contributed by atoms with E-state index in [1.165, 1.54) is 11.8 Å². The minimum absolute atomic E-state index is 0.149. The summed E-state index contributed by atoms with van der Waals surface area (Å²) in [5, 5.41) is 105. The van der Waals surface area contributed by atoms with Crippen molar-refractivity contribution < 1.29 is 59.8 Å². The number of hydrogen-bond donors (Lipinski definition) is 15. The number of guanidine groups is 2. The van der Waals surface area contributed by atoms with Crippen molar-refractivity contribution in [3.8, 4) is 0 Å². The fraction of sp³-hybridized carbons (Fsp3) is 0.913. The van der Waals surface area contributed by atoms with Gasteiger partial charge in [-0.1, -0.05) is 0 Å². The molecule has 1 saturated carbocycles. The third kappa shape index (κ3) is 7.12. The molecule has 2 aliphatic heterocycles. The molecule has 0 aromatic carbocycles. The van der Waals surface area contributed by atoms with Gasteiger partial charge in [0.1, 0.15) is 48.3 Å². The molecule has 1 aliphatic carbocycles. The van der Waals surface area contributed by atoms with Gasteiger partial charge in [-0.25, -0.2) is 0 Å². The van der Waals surface area contributed by atoms with Gasteiger partial charge >= 0.3 is 0 Å². The summed E-state index contributed by atoms with van der Waals surface area (Å²) in [4.78, 5) is 1.53. The molecule has 6 unspecified atom stereocenters. The number of aliphatic hydroxyl groups is 8. The quantitative estimate of drug-likeness (QED) is 0.0747. The fourth-order valence-corrected chi connectivity index (χ4v) is 5.76. The van der Waals surface area contributed by atoms with E-state index < -0.39 is 116 Å². The molecule has 250 valence electrons. The second-order valence-electron chi connectivity index (χ2n) is 11.1. The van der Waals surface area contributed by atoms with Crippen molar-refractivity contribution in [1.82, 2.24) is 15.5 Å². The minimum Gasteiger partial charge on any atom is -0.394 e. The van der Waals surface area contributed by atoms with Crippen LogP contribution in [0.2, 0.25) is 0 Å². The number of likely N-dealkylation sites (N-methyl/N-ethyl adjacent to an activating group) is 1. The molecule has 3 aliphatic rings. The van der Waals surface area contributed by atoms with Crippen LogP contribution in [0.1, 0.15) is 6.92 Å². The molecule has 0 spiro atoms. The third-order valence-corrected chi connectivity index (χ3v) is 8.24. The molecule has 0 aromatic rings. The molecule has 2 saturated heterocycles. The highest BCUT2D eigenvalue weighted by molar-refractivity contribution is 5.75. The summed E-state index contributed by atoms with van der Waals surface area (Å²) in [6, 6.07) is -3.91. The molecule has 18 N–H and O–H groups in total. The SMILES string of the molecule is C[C@@H]1O[C@@H](O[C@@H]2C(O)[C@@H](O)C(NC(=N)N)C(O)[C@@H]2NC(=N)N)C(O[C@@H]2OC(CO)[C@H](O)[C@H](O)C2N(C)CCN)[C@]1(O)CO. The highest BCUT2D eigenvalue weighted by Gasteiger charge is 2.60. The first-order valence-corrected chi connectivity index (χ1v) is 13.7. The zero-order valence-corrected chi connectivity index (χ0v) is 23.8. The van der Waals surface area contributed by atoms with Crippen molar-refractivity contribution in [2.45, 2.75) is 98.2 Å². The zero-order chi connectivity index (χ0) is 32.4. The molecule has 20 heteroatoms. The average Bonchev–Trinajstić information content (AvgIpc) is 3.17. The summed E-state index contributed by atoms with van der Waals surface area (Å²) in [5.41, 5.74) is 14.3. The van der Waals surface area contributed by atoms with Crippen LogP contribution in [-0.4, -0.2) is 182 Å². The predicted octanol–water partition coefficient (Wildman–Crippen LogP) is -8.28. The van der Waals surface area contributed by atoms with Crippen LogP contribution >= 0.6 is 0 Å². The van der Waals surface area contributed by atoms with E-state index in [9.17, 15) is 40.9 Å². The standard InChI is InChI=1S/C23H46N8O12/c1-7-23(39,6-33)18(43-19-11(31(2)4-3-24)15(37)12(34)8(5-32)41-19)20(40-7)42-17-10(30-22(27)28)13(35)9(29-21(25)26)14(36)16(17)38/h7-20,32-39H,3-6,24H2,1-2H3,(H4,25,26,29)(H4,27,28,30)/t7-,8?,9?,10-,11?,12-,13?,14-,15+,16?,17-,18?,19-,20-,23-/m0/s1. The molecule has 0 aromatic heterocycles. The van der Waals surface area contributed by atoms with E-state index in [4.69, 9.17) is 47.0 Å². The van der Waals surface area contributed by atoms with Crippen LogP contribution in [0.3, 0.4) is 0 Å². The molecule has 20 nitrogen and oxygen atoms in total. The van der Waals surface area contributed by atoms with Crippen molar-refractivity contribution in [2.75, 3.05) is 33.4 Å². The Morgan fingerprint density at radius 3 is 2.02 bits per heavy atom. The second kappa shape index (κ2) is 14.4. The topological polar surface area (TPSA) is 352 Å². The second-order valence-corrected chi connectivity index (χ2v) is 11.1. The Labute approximate surface area is 247 Å². The number of nitrogens with two attached hydrogens (primary N) is 3. The lowest BCUT2D eigenvalue weighted by molar-refractivity contribution is -0.327. The summed E-state index contributed by atoms with van der Waals surface area (Å²) in [6.45, 7) is 0.119. The van der Waals surface area contributed by atoms with Gasteiger partial charge in [-0.15, -0.1) is 0 Å². The maximum Gasteiger partial charge on any atom is 0.187 e. The summed E-state index contributed by atoms with van der Waals surface area (Å²) in [6.07, 6.45) is -17.2. The first kappa shape index (κ1) is 35.5. The number of nitrogens with one attached hydrogen (secondary N) is 4.